The van der Waals surface area contributed by atoms with Gasteiger partial charge in [-0.3, -0.25) is 0 Å². The van der Waals surface area contributed by atoms with Crippen LogP contribution in [0.5, 0.6) is 0 Å². The van der Waals surface area contributed by atoms with E-state index in [1.807, 2.05) is 17.4 Å². The molecule has 0 amide bonds. The summed E-state index contributed by atoms with van der Waals surface area (Å²) in [6.07, 6.45) is 0. The van der Waals surface area contributed by atoms with E-state index < -0.39 is 0 Å². The molecular formula is C14H12INS. The van der Waals surface area contributed by atoms with Crippen molar-refractivity contribution < 1.29 is 28.5 Å². The summed E-state index contributed by atoms with van der Waals surface area (Å²) in [5.74, 6) is 0. The van der Waals surface area contributed by atoms with E-state index in [1.165, 1.54) is 20.9 Å². The van der Waals surface area contributed by atoms with Crippen molar-refractivity contribution in [3.63, 3.8) is 0 Å². The van der Waals surface area contributed by atoms with Gasteiger partial charge in [0.15, 0.2) is 0 Å². The van der Waals surface area contributed by atoms with Gasteiger partial charge in [-0.25, -0.2) is 0 Å². The van der Waals surface area contributed by atoms with E-state index >= 15 is 0 Å². The summed E-state index contributed by atoms with van der Waals surface area (Å²) in [7, 11) is 0. The molecule has 0 saturated carbocycles. The number of aryl methyl sites for hydroxylation is 1. The molecule has 1 aromatic heterocycles. The molecule has 0 aliphatic heterocycles. The average molecular weight is 353 g/mol. The number of thiazole rings is 1. The summed E-state index contributed by atoms with van der Waals surface area (Å²) in [5, 5.41) is 1.31. The van der Waals surface area contributed by atoms with Crippen LogP contribution in [0.25, 0.3) is 15.9 Å². The predicted molar refractivity (Wildman–Crippen MR) is 68.1 cm³/mol. The van der Waals surface area contributed by atoms with E-state index in [-0.39, 0.29) is 24.0 Å². The van der Waals surface area contributed by atoms with Crippen molar-refractivity contribution in [1.82, 2.24) is 0 Å². The first-order valence-corrected chi connectivity index (χ1v) is 6.13. The number of aromatic nitrogens is 1. The van der Waals surface area contributed by atoms with E-state index in [0.717, 1.165) is 0 Å². The molecule has 0 saturated heterocycles. The summed E-state index contributed by atoms with van der Waals surface area (Å²) in [6, 6.07) is 19.0. The Morgan fingerprint density at radius 2 is 1.53 bits per heavy atom. The minimum absolute atomic E-state index is 0. The molecule has 0 aliphatic carbocycles. The third-order valence-corrected chi connectivity index (χ3v) is 3.74. The molecule has 86 valence electrons. The van der Waals surface area contributed by atoms with Gasteiger partial charge in [-0.05, 0) is 6.07 Å². The summed E-state index contributed by atoms with van der Waals surface area (Å²) in [5.41, 5.74) is 2.52. The number of rotatable bonds is 1. The first-order chi connectivity index (χ1) is 7.86. The lowest BCUT2D eigenvalue weighted by Crippen LogP contribution is -3.00. The van der Waals surface area contributed by atoms with Crippen LogP contribution in [-0.2, 0) is 0 Å². The third kappa shape index (κ3) is 2.21. The van der Waals surface area contributed by atoms with Crippen LogP contribution in [-0.4, -0.2) is 0 Å². The molecule has 3 rings (SSSR count). The van der Waals surface area contributed by atoms with Crippen molar-refractivity contribution in [2.75, 3.05) is 0 Å². The number of hydrogen-bond donors (Lipinski definition) is 0. The largest absolute Gasteiger partial charge is 1.00 e. The molecule has 1 nitrogen and oxygen atoms in total. The van der Waals surface area contributed by atoms with Crippen LogP contribution in [0.1, 0.15) is 5.01 Å². The summed E-state index contributed by atoms with van der Waals surface area (Å²) in [6.45, 7) is 2.16. The van der Waals surface area contributed by atoms with E-state index in [9.17, 15) is 0 Å². The SMILES string of the molecule is Cc1sc2ccccc2[n+]1-c1ccccc1.[I-]. The molecular weight excluding hydrogens is 341 g/mol. The number of halogens is 1. The number of nitrogens with zero attached hydrogens (tertiary/aromatic N) is 1. The fourth-order valence-electron chi connectivity index (χ4n) is 2.00. The molecule has 0 aliphatic rings. The lowest BCUT2D eigenvalue weighted by Gasteiger charge is -1.94. The Morgan fingerprint density at radius 1 is 0.882 bits per heavy atom. The second kappa shape index (κ2) is 5.14. The zero-order chi connectivity index (χ0) is 11.0. The Bertz CT molecular complexity index is 631. The van der Waals surface area contributed by atoms with Gasteiger partial charge in [-0.15, -0.1) is 4.57 Å². The molecule has 0 fully saturated rings. The van der Waals surface area contributed by atoms with Gasteiger partial charge in [0.2, 0.25) is 16.2 Å². The van der Waals surface area contributed by atoms with Gasteiger partial charge in [0.25, 0.3) is 0 Å². The molecule has 0 spiro atoms. The maximum Gasteiger partial charge on any atom is 0.241 e. The highest BCUT2D eigenvalue weighted by molar-refractivity contribution is 7.18. The highest BCUT2D eigenvalue weighted by atomic mass is 127. The van der Waals surface area contributed by atoms with Crippen LogP contribution in [0, 0.1) is 6.92 Å². The average Bonchev–Trinajstić information content (AvgIpc) is 2.66. The Morgan fingerprint density at radius 3 is 2.29 bits per heavy atom. The normalized spacial score (nSPS) is 10.2. The Kier molecular flexibility index (Phi) is 3.79. The van der Waals surface area contributed by atoms with E-state index in [4.69, 9.17) is 0 Å². The highest BCUT2D eigenvalue weighted by Gasteiger charge is 2.18. The van der Waals surface area contributed by atoms with E-state index in [1.54, 1.807) is 0 Å². The Balaban J connectivity index is 0.00000108. The predicted octanol–water partition coefficient (Wildman–Crippen LogP) is 0.490. The Hall–Kier alpha value is -0.940. The van der Waals surface area contributed by atoms with Gasteiger partial charge in [-0.1, -0.05) is 41.7 Å². The van der Waals surface area contributed by atoms with Gasteiger partial charge in [0, 0.05) is 25.1 Å². The smallest absolute Gasteiger partial charge is 0.241 e. The first kappa shape index (κ1) is 12.5. The van der Waals surface area contributed by atoms with Gasteiger partial charge in [-0.2, -0.15) is 0 Å². The lowest BCUT2D eigenvalue weighted by atomic mass is 10.3. The number of benzene rings is 2. The lowest BCUT2D eigenvalue weighted by molar-refractivity contribution is -0.569. The summed E-state index contributed by atoms with van der Waals surface area (Å²) < 4.78 is 3.64. The molecule has 0 radical (unpaired) electrons. The molecule has 17 heavy (non-hydrogen) atoms. The molecule has 1 heterocycles. The topological polar surface area (TPSA) is 3.88 Å². The van der Waals surface area contributed by atoms with Crippen molar-refractivity contribution in [2.45, 2.75) is 6.92 Å². The fourth-order valence-corrected chi connectivity index (χ4v) is 3.02. The second-order valence-corrected chi connectivity index (χ2v) is 4.99. The summed E-state index contributed by atoms with van der Waals surface area (Å²) in [4.78, 5) is 0. The molecule has 0 atom stereocenters. The zero-order valence-electron chi connectivity index (χ0n) is 9.43. The van der Waals surface area contributed by atoms with Gasteiger partial charge in [0.05, 0.1) is 0 Å². The van der Waals surface area contributed by atoms with Crippen molar-refractivity contribution in [3.8, 4) is 5.69 Å². The van der Waals surface area contributed by atoms with Crippen LogP contribution in [0.2, 0.25) is 0 Å². The first-order valence-electron chi connectivity index (χ1n) is 5.32. The standard InChI is InChI=1S/C14H12NS.HI/c1-11-15(12-7-3-2-4-8-12)13-9-5-6-10-14(13)16-11;/h2-10H,1H3;1H/q+1;/p-1. The van der Waals surface area contributed by atoms with Gasteiger partial charge < -0.3 is 24.0 Å². The molecule has 0 unspecified atom stereocenters. The highest BCUT2D eigenvalue weighted by Crippen LogP contribution is 2.21. The van der Waals surface area contributed by atoms with Gasteiger partial charge in [0.1, 0.15) is 4.70 Å². The molecule has 0 bridgehead atoms. The third-order valence-electron chi connectivity index (χ3n) is 2.69. The van der Waals surface area contributed by atoms with Crippen LogP contribution >= 0.6 is 11.3 Å². The molecule has 2 aromatic carbocycles. The second-order valence-electron chi connectivity index (χ2n) is 3.76. The number of fused-ring (bicyclic) bond motifs is 1. The van der Waals surface area contributed by atoms with Crippen LogP contribution in [0.3, 0.4) is 0 Å². The molecule has 0 N–H and O–H groups in total. The number of hydrogen-bond acceptors (Lipinski definition) is 1. The maximum absolute atomic E-state index is 2.31. The van der Waals surface area contributed by atoms with Crippen molar-refractivity contribution in [3.05, 3.63) is 59.6 Å². The van der Waals surface area contributed by atoms with Crippen LogP contribution in [0.15, 0.2) is 54.6 Å². The Labute approximate surface area is 122 Å². The van der Waals surface area contributed by atoms with E-state index in [2.05, 4.69) is 60.0 Å². The van der Waals surface area contributed by atoms with Crippen molar-refractivity contribution >= 4 is 21.6 Å². The molecule has 3 aromatic rings. The number of para-hydroxylation sites is 2. The van der Waals surface area contributed by atoms with Gasteiger partial charge >= 0.3 is 0 Å². The van der Waals surface area contributed by atoms with Crippen molar-refractivity contribution in [1.29, 1.82) is 0 Å². The summed E-state index contributed by atoms with van der Waals surface area (Å²) >= 11 is 1.84. The maximum atomic E-state index is 2.31. The monoisotopic (exact) mass is 353 g/mol. The van der Waals surface area contributed by atoms with Crippen LogP contribution in [0.4, 0.5) is 0 Å². The van der Waals surface area contributed by atoms with Crippen LogP contribution < -0.4 is 28.5 Å². The minimum Gasteiger partial charge on any atom is -1.00 e. The molecule has 3 heteroatoms. The minimum atomic E-state index is 0. The van der Waals surface area contributed by atoms with E-state index in [0.29, 0.717) is 0 Å². The quantitative estimate of drug-likeness (QED) is 0.443. The van der Waals surface area contributed by atoms with Crippen molar-refractivity contribution in [2.24, 2.45) is 0 Å². The fraction of sp³-hybridized carbons (Fsp3) is 0.0714. The zero-order valence-corrected chi connectivity index (χ0v) is 12.4.